The number of benzene rings is 3. The molecule has 6 aromatic rings. The Kier molecular flexibility index (Phi) is 35.0. The Balaban J connectivity index is 0.000000479. The number of nitrogens with one attached hydrogen (secondary N) is 5. The van der Waals surface area contributed by atoms with Crippen LogP contribution in [-0.2, 0) is 60.7 Å². The number of nitro groups is 1. The van der Waals surface area contributed by atoms with Crippen molar-refractivity contribution < 1.29 is 144 Å². The van der Waals surface area contributed by atoms with E-state index in [9.17, 15) is 101 Å². The lowest BCUT2D eigenvalue weighted by Gasteiger charge is -2.14. The summed E-state index contributed by atoms with van der Waals surface area (Å²) in [6.07, 6.45) is 1.12. The molecule has 0 fully saturated rings. The van der Waals surface area contributed by atoms with Crippen LogP contribution < -0.4 is 54.0 Å². The molecule has 103 heavy (non-hydrogen) atoms. The van der Waals surface area contributed by atoms with Crippen molar-refractivity contribution in [2.45, 2.75) is 49.3 Å². The zero-order valence-corrected chi connectivity index (χ0v) is 58.3. The first kappa shape index (κ1) is 88.5. The Morgan fingerprint density at radius 1 is 0.748 bits per heavy atom. The van der Waals surface area contributed by atoms with E-state index in [-0.39, 0.29) is 46.4 Å². The Labute approximate surface area is 585 Å². The predicted octanol–water partition coefficient (Wildman–Crippen LogP) is 5.81. The largest absolute Gasteiger partial charge is 0.778 e. The third kappa shape index (κ3) is 31.9. The minimum atomic E-state index is -4.71. The average molecular weight is 1570 g/mol. The van der Waals surface area contributed by atoms with Crippen molar-refractivity contribution in [2.75, 3.05) is 77.2 Å². The first-order valence-corrected chi connectivity index (χ1v) is 34.9. The molecule has 0 spiro atoms. The monoisotopic (exact) mass is 1570 g/mol. The van der Waals surface area contributed by atoms with Crippen LogP contribution in [0.5, 0.6) is 35.0 Å². The summed E-state index contributed by atoms with van der Waals surface area (Å²) in [6, 6.07) is 11.5. The van der Waals surface area contributed by atoms with Gasteiger partial charge in [0.15, 0.2) is 11.1 Å². The Morgan fingerprint density at radius 3 is 1.71 bits per heavy atom. The molecule has 0 saturated heterocycles. The molecular formula is C54H59ClF7N12O25PS3. The minimum Gasteiger partial charge on any atom is -0.778 e. The number of halogens is 8. The predicted molar refractivity (Wildman–Crippen MR) is 341 cm³/mol. The van der Waals surface area contributed by atoms with E-state index >= 15 is 0 Å². The zero-order valence-electron chi connectivity index (χ0n) is 54.2. The van der Waals surface area contributed by atoms with Crippen LogP contribution in [0.4, 0.5) is 57.9 Å². The summed E-state index contributed by atoms with van der Waals surface area (Å²) in [5, 5.41) is 33.1. The van der Waals surface area contributed by atoms with Crippen molar-refractivity contribution in [1.82, 2.24) is 44.6 Å². The molecule has 3 aromatic carbocycles. The van der Waals surface area contributed by atoms with Crippen LogP contribution in [0, 0.1) is 10.1 Å². The van der Waals surface area contributed by atoms with Crippen molar-refractivity contribution in [2.24, 2.45) is 0 Å². The Hall–Kier alpha value is -10.6. The summed E-state index contributed by atoms with van der Waals surface area (Å²) in [6.45, 7) is -4.48. The number of hydrogen-bond acceptors (Lipinski definition) is 28. The molecule has 0 aliphatic heterocycles. The lowest BCUT2D eigenvalue weighted by atomic mass is 10.1. The second-order valence-electron chi connectivity index (χ2n) is 19.2. The van der Waals surface area contributed by atoms with Gasteiger partial charge in [-0.1, -0.05) is 23.7 Å². The number of carbonyl (C=O) groups excluding carboxylic acids is 5. The standard InChI is InChI=1S/C19H15ClF3NO7.C15H18N6O6S.C14H10F4N4O7S.C3H8NO5P.C3H9S/c1-3-29-17(25)10(2)30-18(26)13-9-12(5-6-15(13)24(27)28)31-16-7-4-11(8-14(16)20)19(21,22)23;1-21(2)13(22)9-6-5-7-16-12(9)28(24,25)20-15(23)19-14-17-10(26-3)8-11(18-14)27-4;15-11(16)28-8-5-9(29-12(17)18)20-13(19-8)21-14(25)22-30(26,27)7-4-2-1-3-6(7)10(23)24;5-3(6)1-4-2-10(7,8)9;1-4(2)3/h4-10H,3H2,1-2H3;5-8H,1-4H3,(H2,17,18,19,20,23);1-5,11-12H,(H,23,24)(H2,19,20,21,22,25);4H,1-2H2,(H,5,6)(H2,7,8,9);1-3H3/q;;;;+1/p-1. The number of amides is 5. The van der Waals surface area contributed by atoms with E-state index in [0.717, 1.165) is 42.5 Å². The van der Waals surface area contributed by atoms with Crippen molar-refractivity contribution in [1.29, 1.82) is 0 Å². The van der Waals surface area contributed by atoms with Gasteiger partial charge >= 0.3 is 55.3 Å². The molecule has 0 saturated carbocycles. The third-order valence-corrected chi connectivity index (χ3v) is 14.1. The molecule has 5 amide bonds. The number of carbonyl (C=O) groups is 7. The normalized spacial score (nSPS) is 11.7. The number of aliphatic carboxylic acids is 1. The molecule has 0 aliphatic carbocycles. The lowest BCUT2D eigenvalue weighted by molar-refractivity contribution is -0.385. The Morgan fingerprint density at radius 2 is 1.25 bits per heavy atom. The van der Waals surface area contributed by atoms with Crippen LogP contribution in [0.2, 0.25) is 5.02 Å². The van der Waals surface area contributed by atoms with Gasteiger partial charge in [0.25, 0.3) is 31.6 Å². The fraction of sp³-hybridized carbons (Fsp3) is 0.296. The average Bonchev–Trinajstić information content (AvgIpc) is 0.813. The van der Waals surface area contributed by atoms with Gasteiger partial charge in [0.05, 0.1) is 91.2 Å². The molecule has 3 heterocycles. The van der Waals surface area contributed by atoms with Gasteiger partial charge in [-0.25, -0.2) is 46.8 Å². The fourth-order valence-corrected chi connectivity index (χ4v) is 9.30. The molecule has 6 rings (SSSR count). The number of rotatable bonds is 25. The zero-order chi connectivity index (χ0) is 78.5. The van der Waals surface area contributed by atoms with Crippen molar-refractivity contribution >= 4 is 110 Å². The van der Waals surface area contributed by atoms with E-state index < -0.39 is 163 Å². The molecule has 2 atom stereocenters. The molecule has 49 heteroatoms. The lowest BCUT2D eigenvalue weighted by Crippen LogP contribution is -2.36. The number of sulfonamides is 2. The highest BCUT2D eigenvalue weighted by atomic mass is 35.5. The number of ether oxygens (including phenoxy) is 7. The molecule has 0 aliphatic rings. The number of carboxylic acids is 2. The summed E-state index contributed by atoms with van der Waals surface area (Å²) >= 11 is 5.83. The van der Waals surface area contributed by atoms with E-state index in [1.807, 2.05) is 5.32 Å². The SMILES string of the molecule is CCOC(=O)C(C)OC(=O)c1cc(Oc2ccc(C(F)(F)F)cc2Cl)ccc1[N+](=O)[O-].COc1cc(OC)nc(NC(=O)NS(=O)(=O)c2ncccc2C(=O)N(C)C)n1.C[S+](C)C.O=C(Nc1nc(OC(F)F)cc(OC(F)F)n1)NS(=O)(=O)c1ccccc1C(=O)O.O=C(O)CNCP(=O)([O-])O. The summed E-state index contributed by atoms with van der Waals surface area (Å²) in [5.41, 5.74) is -3.00. The Bertz CT molecular complexity index is 4220. The highest BCUT2D eigenvalue weighted by molar-refractivity contribution is 7.94. The number of nitro benzene ring substituents is 1. The first-order valence-electron chi connectivity index (χ1n) is 27.3. The van der Waals surface area contributed by atoms with Crippen LogP contribution in [-0.4, -0.2) is 194 Å². The van der Waals surface area contributed by atoms with Gasteiger partial charge < -0.3 is 62.6 Å². The maximum Gasteiger partial charge on any atom is 0.416 e. The van der Waals surface area contributed by atoms with Gasteiger partial charge in [0.2, 0.25) is 35.4 Å². The topological polar surface area (TPSA) is 524 Å². The van der Waals surface area contributed by atoms with E-state index in [1.54, 1.807) is 17.0 Å². The second kappa shape index (κ2) is 40.8. The highest BCUT2D eigenvalue weighted by Crippen LogP contribution is 2.38. The van der Waals surface area contributed by atoms with Crippen LogP contribution in [0.1, 0.15) is 50.5 Å². The molecule has 0 radical (unpaired) electrons. The number of aromatic carboxylic acids is 1. The van der Waals surface area contributed by atoms with Crippen LogP contribution in [0.15, 0.2) is 101 Å². The van der Waals surface area contributed by atoms with Gasteiger partial charge in [-0.05, 0) is 73.3 Å². The summed E-state index contributed by atoms with van der Waals surface area (Å²) in [4.78, 5) is 128. The molecule has 3 aromatic heterocycles. The number of aromatic nitrogens is 5. The van der Waals surface area contributed by atoms with Crippen molar-refractivity contribution in [3.63, 3.8) is 0 Å². The van der Waals surface area contributed by atoms with E-state index in [2.05, 4.69) is 58.5 Å². The number of urea groups is 2. The molecule has 2 unspecified atom stereocenters. The number of alkyl halides is 7. The van der Waals surface area contributed by atoms with Crippen LogP contribution in [0.25, 0.3) is 0 Å². The summed E-state index contributed by atoms with van der Waals surface area (Å²) in [5.74, 6) is -8.65. The number of anilines is 2. The maximum absolute atomic E-state index is 12.8. The van der Waals surface area contributed by atoms with E-state index in [1.165, 1.54) is 81.4 Å². The number of esters is 2. The quantitative estimate of drug-likeness (QED) is 0.00836. The van der Waals surface area contributed by atoms with Gasteiger partial charge in [-0.2, -0.15) is 59.1 Å². The van der Waals surface area contributed by atoms with Crippen LogP contribution in [0.3, 0.4) is 0 Å². The van der Waals surface area contributed by atoms with Gasteiger partial charge in [-0.3, -0.25) is 35.7 Å². The fourth-order valence-electron chi connectivity index (χ4n) is 6.54. The minimum absolute atomic E-state index is 0.0398. The molecule has 8 N–H and O–H groups in total. The van der Waals surface area contributed by atoms with Gasteiger partial charge in [0.1, 0.15) is 29.6 Å². The van der Waals surface area contributed by atoms with Gasteiger partial charge in [-0.15, -0.1) is 0 Å². The smallest absolute Gasteiger partial charge is 0.416 e. The third-order valence-electron chi connectivity index (χ3n) is 10.5. The second-order valence-corrected chi connectivity index (χ2v) is 26.9. The van der Waals surface area contributed by atoms with Crippen molar-refractivity contribution in [3.05, 3.63) is 129 Å². The van der Waals surface area contributed by atoms with Gasteiger partial charge in [0, 0.05) is 32.4 Å². The molecular weight excluding hydrogens is 1510 g/mol. The highest BCUT2D eigenvalue weighted by Gasteiger charge is 2.33. The van der Waals surface area contributed by atoms with Crippen LogP contribution >= 0.6 is 19.2 Å². The number of pyridine rings is 1. The number of nitrogens with zero attached hydrogens (tertiary/aromatic N) is 7. The first-order chi connectivity index (χ1) is 47.7. The summed E-state index contributed by atoms with van der Waals surface area (Å²) < 4.78 is 183. The maximum atomic E-state index is 12.8. The molecule has 0 bridgehead atoms. The van der Waals surface area contributed by atoms with E-state index in [4.69, 9.17) is 50.4 Å². The molecule has 564 valence electrons. The summed E-state index contributed by atoms with van der Waals surface area (Å²) in [7, 11) is -7.27. The number of methoxy groups -OCH3 is 2. The van der Waals surface area contributed by atoms with Crippen molar-refractivity contribution in [3.8, 4) is 35.0 Å². The number of hydrogen-bond donors (Lipinski definition) is 8. The van der Waals surface area contributed by atoms with E-state index in [0.29, 0.717) is 23.0 Å². The number of carboxylic acid groups (broad SMARTS) is 2. The molecule has 37 nitrogen and oxygen atoms in total.